The Morgan fingerprint density at radius 1 is 1.32 bits per heavy atom. The molecule has 0 unspecified atom stereocenters. The number of rotatable bonds is 3. The van der Waals surface area contributed by atoms with Crippen molar-refractivity contribution in [3.8, 4) is 0 Å². The van der Waals surface area contributed by atoms with Crippen molar-refractivity contribution >= 4 is 11.6 Å². The number of carbonyl (C=O) groups excluding carboxylic acids is 1. The van der Waals surface area contributed by atoms with E-state index in [1.54, 1.807) is 21.5 Å². The van der Waals surface area contributed by atoms with E-state index in [0.717, 1.165) is 17.0 Å². The van der Waals surface area contributed by atoms with E-state index in [4.69, 9.17) is 0 Å². The van der Waals surface area contributed by atoms with Crippen LogP contribution in [0.25, 0.3) is 5.65 Å². The zero-order chi connectivity index (χ0) is 15.9. The second-order valence-corrected chi connectivity index (χ2v) is 5.48. The molecule has 0 saturated heterocycles. The van der Waals surface area contributed by atoms with E-state index in [2.05, 4.69) is 20.5 Å². The molecular weight excluding hydrogens is 280 g/mol. The number of hydrogen-bond donors (Lipinski definition) is 1. The number of nitrogens with zero attached hydrogens (tertiary/aromatic N) is 5. The molecule has 0 aliphatic heterocycles. The van der Waals surface area contributed by atoms with E-state index in [0.29, 0.717) is 11.3 Å². The fourth-order valence-corrected chi connectivity index (χ4v) is 2.37. The third kappa shape index (κ3) is 2.57. The highest BCUT2D eigenvalue weighted by molar-refractivity contribution is 5.93. The lowest BCUT2D eigenvalue weighted by molar-refractivity contribution is 0.0935. The van der Waals surface area contributed by atoms with Gasteiger partial charge in [-0.2, -0.15) is 10.2 Å². The number of aryl methyl sites for hydroxylation is 3. The molecule has 1 amide bonds. The Morgan fingerprint density at radius 3 is 2.77 bits per heavy atom. The normalized spacial score (nSPS) is 12.5. The molecule has 0 aliphatic rings. The van der Waals surface area contributed by atoms with Gasteiger partial charge in [-0.15, -0.1) is 0 Å². The van der Waals surface area contributed by atoms with Gasteiger partial charge in [-0.3, -0.25) is 9.48 Å². The Kier molecular flexibility index (Phi) is 3.40. The van der Waals surface area contributed by atoms with E-state index >= 15 is 0 Å². The summed E-state index contributed by atoms with van der Waals surface area (Å²) in [5.74, 6) is -0.208. The summed E-state index contributed by atoms with van der Waals surface area (Å²) in [5.41, 5.74) is 3.76. The molecule has 7 nitrogen and oxygen atoms in total. The summed E-state index contributed by atoms with van der Waals surface area (Å²) in [4.78, 5) is 16.8. The Hall–Kier alpha value is -2.70. The molecule has 3 aromatic heterocycles. The summed E-state index contributed by atoms with van der Waals surface area (Å²) in [6, 6.07) is 3.46. The number of fused-ring (bicyclic) bond motifs is 1. The van der Waals surface area contributed by atoms with Crippen LogP contribution < -0.4 is 5.32 Å². The summed E-state index contributed by atoms with van der Waals surface area (Å²) in [6.45, 7) is 5.73. The van der Waals surface area contributed by atoms with Crippen LogP contribution in [-0.4, -0.2) is 30.3 Å². The lowest BCUT2D eigenvalue weighted by Gasteiger charge is -2.12. The van der Waals surface area contributed by atoms with Crippen LogP contribution in [0.15, 0.2) is 24.5 Å². The molecule has 1 N–H and O–H groups in total. The number of carbonyl (C=O) groups is 1. The molecule has 0 aliphatic carbocycles. The molecule has 3 rings (SSSR count). The van der Waals surface area contributed by atoms with Gasteiger partial charge in [0.05, 0.1) is 17.9 Å². The average molecular weight is 298 g/mol. The van der Waals surface area contributed by atoms with E-state index in [9.17, 15) is 4.79 Å². The maximum absolute atomic E-state index is 12.4. The average Bonchev–Trinajstić information content (AvgIpc) is 3.04. The van der Waals surface area contributed by atoms with Crippen LogP contribution in [0.4, 0.5) is 0 Å². The highest BCUT2D eigenvalue weighted by Gasteiger charge is 2.15. The maximum atomic E-state index is 12.4. The van der Waals surface area contributed by atoms with Crippen LogP contribution >= 0.6 is 0 Å². The molecule has 1 atom stereocenters. The third-order valence-electron chi connectivity index (χ3n) is 3.53. The summed E-state index contributed by atoms with van der Waals surface area (Å²) >= 11 is 0. The van der Waals surface area contributed by atoms with Crippen LogP contribution in [0.2, 0.25) is 0 Å². The maximum Gasteiger partial charge on any atom is 0.270 e. The Morgan fingerprint density at radius 2 is 2.09 bits per heavy atom. The standard InChI is InChI=1S/C15H18N6O/c1-9-5-14-18-13(6-10(2)21(14)19-9)15(22)17-11(3)12-7-16-20(4)8-12/h5-8,11H,1-4H3,(H,17,22)/t11-/m1/s1. The first-order chi connectivity index (χ1) is 10.4. The Balaban J connectivity index is 1.85. The third-order valence-corrected chi connectivity index (χ3v) is 3.53. The van der Waals surface area contributed by atoms with E-state index in [1.165, 1.54) is 0 Å². The SMILES string of the molecule is Cc1cc2nc(C(=O)N[C@H](C)c3cnn(C)c3)cc(C)n2n1. The quantitative estimate of drug-likeness (QED) is 0.796. The van der Waals surface area contributed by atoms with Crippen molar-refractivity contribution < 1.29 is 4.79 Å². The van der Waals surface area contributed by atoms with Gasteiger partial charge in [-0.1, -0.05) is 0 Å². The number of aromatic nitrogens is 5. The molecule has 0 saturated carbocycles. The largest absolute Gasteiger partial charge is 0.344 e. The molecular formula is C15H18N6O. The molecule has 114 valence electrons. The molecule has 3 heterocycles. The van der Waals surface area contributed by atoms with Gasteiger partial charge in [0.1, 0.15) is 5.69 Å². The van der Waals surface area contributed by atoms with Crippen molar-refractivity contribution in [3.63, 3.8) is 0 Å². The minimum atomic E-state index is -0.208. The molecule has 22 heavy (non-hydrogen) atoms. The number of amides is 1. The van der Waals surface area contributed by atoms with Crippen LogP contribution in [0, 0.1) is 13.8 Å². The number of nitrogens with one attached hydrogen (secondary N) is 1. The van der Waals surface area contributed by atoms with Crippen LogP contribution in [0.3, 0.4) is 0 Å². The highest BCUT2D eigenvalue weighted by atomic mass is 16.1. The van der Waals surface area contributed by atoms with Crippen molar-refractivity contribution in [2.24, 2.45) is 7.05 Å². The van der Waals surface area contributed by atoms with Gasteiger partial charge in [0.25, 0.3) is 5.91 Å². The van der Waals surface area contributed by atoms with Gasteiger partial charge in [-0.05, 0) is 26.8 Å². The summed E-state index contributed by atoms with van der Waals surface area (Å²) in [5, 5.41) is 11.4. The lowest BCUT2D eigenvalue weighted by Crippen LogP contribution is -2.27. The monoisotopic (exact) mass is 298 g/mol. The molecule has 0 fully saturated rings. The van der Waals surface area contributed by atoms with E-state index in [-0.39, 0.29) is 11.9 Å². The fourth-order valence-electron chi connectivity index (χ4n) is 2.37. The Bertz CT molecular complexity index is 847. The van der Waals surface area contributed by atoms with Crippen molar-refractivity contribution in [2.45, 2.75) is 26.8 Å². The van der Waals surface area contributed by atoms with Gasteiger partial charge >= 0.3 is 0 Å². The Labute approximate surface area is 128 Å². The molecule has 3 aromatic rings. The topological polar surface area (TPSA) is 77.1 Å². The first kappa shape index (κ1) is 14.2. The van der Waals surface area contributed by atoms with Gasteiger partial charge in [0.2, 0.25) is 0 Å². The minimum Gasteiger partial charge on any atom is -0.344 e. The smallest absolute Gasteiger partial charge is 0.270 e. The zero-order valence-corrected chi connectivity index (χ0v) is 13.0. The number of hydrogen-bond acceptors (Lipinski definition) is 4. The van der Waals surface area contributed by atoms with Crippen molar-refractivity contribution in [1.29, 1.82) is 0 Å². The molecule has 0 spiro atoms. The van der Waals surface area contributed by atoms with Crippen molar-refractivity contribution in [1.82, 2.24) is 29.7 Å². The second kappa shape index (κ2) is 5.25. The van der Waals surface area contributed by atoms with Crippen molar-refractivity contribution in [3.05, 3.63) is 47.2 Å². The zero-order valence-electron chi connectivity index (χ0n) is 13.0. The van der Waals surface area contributed by atoms with Gasteiger partial charge < -0.3 is 5.32 Å². The summed E-state index contributed by atoms with van der Waals surface area (Å²) < 4.78 is 3.44. The predicted molar refractivity (Wildman–Crippen MR) is 81.6 cm³/mol. The van der Waals surface area contributed by atoms with E-state index < -0.39 is 0 Å². The minimum absolute atomic E-state index is 0.133. The van der Waals surface area contributed by atoms with E-state index in [1.807, 2.05) is 40.1 Å². The van der Waals surface area contributed by atoms with Crippen molar-refractivity contribution in [2.75, 3.05) is 0 Å². The van der Waals surface area contributed by atoms with Crippen LogP contribution in [0.5, 0.6) is 0 Å². The summed E-state index contributed by atoms with van der Waals surface area (Å²) in [6.07, 6.45) is 3.63. The predicted octanol–water partition coefficient (Wildman–Crippen LogP) is 1.57. The fraction of sp³-hybridized carbons (Fsp3) is 0.333. The molecule has 0 bridgehead atoms. The second-order valence-electron chi connectivity index (χ2n) is 5.48. The first-order valence-corrected chi connectivity index (χ1v) is 7.07. The molecule has 7 heteroatoms. The van der Waals surface area contributed by atoms with Gasteiger partial charge in [0.15, 0.2) is 5.65 Å². The molecule has 0 radical (unpaired) electrons. The lowest BCUT2D eigenvalue weighted by atomic mass is 10.2. The summed E-state index contributed by atoms with van der Waals surface area (Å²) in [7, 11) is 1.85. The van der Waals surface area contributed by atoms with Gasteiger partial charge in [0, 0.05) is 30.6 Å². The van der Waals surface area contributed by atoms with Crippen LogP contribution in [-0.2, 0) is 7.05 Å². The first-order valence-electron chi connectivity index (χ1n) is 7.07. The van der Waals surface area contributed by atoms with Crippen LogP contribution in [0.1, 0.15) is 40.4 Å². The highest BCUT2D eigenvalue weighted by Crippen LogP contribution is 2.13. The van der Waals surface area contributed by atoms with Gasteiger partial charge in [-0.25, -0.2) is 9.50 Å². The molecule has 0 aromatic carbocycles.